The summed E-state index contributed by atoms with van der Waals surface area (Å²) in [5.74, 6) is -0.343. The normalized spacial score (nSPS) is 10.7. The number of benzene rings is 1. The van der Waals surface area contributed by atoms with Crippen molar-refractivity contribution in [1.29, 1.82) is 0 Å². The molecule has 0 fully saturated rings. The number of amides is 1. The van der Waals surface area contributed by atoms with Gasteiger partial charge in [0.05, 0.1) is 11.4 Å². The molecule has 20 heavy (non-hydrogen) atoms. The van der Waals surface area contributed by atoms with Gasteiger partial charge in [-0.15, -0.1) is 0 Å². The van der Waals surface area contributed by atoms with Crippen LogP contribution in [0.3, 0.4) is 0 Å². The van der Waals surface area contributed by atoms with Gasteiger partial charge in [0.1, 0.15) is 11.4 Å². The number of hydrogen-bond donors (Lipinski definition) is 2. The highest BCUT2D eigenvalue weighted by molar-refractivity contribution is 6.04. The van der Waals surface area contributed by atoms with Gasteiger partial charge in [0.25, 0.3) is 5.91 Å². The molecule has 3 aromatic rings. The third-order valence-electron chi connectivity index (χ3n) is 2.87. The number of aromatic nitrogens is 3. The lowest BCUT2D eigenvalue weighted by molar-refractivity contribution is 0.101. The molecule has 0 aliphatic rings. The maximum absolute atomic E-state index is 12.3. The minimum atomic E-state index is -0.359. The molecule has 0 saturated heterocycles. The molecule has 0 aliphatic carbocycles. The molecule has 0 spiro atoms. The van der Waals surface area contributed by atoms with Crippen LogP contribution in [-0.4, -0.2) is 25.6 Å². The average molecular weight is 268 g/mol. The Labute approximate surface area is 114 Å². The van der Waals surface area contributed by atoms with Gasteiger partial charge in [-0.25, -0.2) is 9.50 Å². The van der Waals surface area contributed by atoms with E-state index >= 15 is 0 Å². The van der Waals surface area contributed by atoms with Crippen LogP contribution in [0.15, 0.2) is 42.6 Å². The van der Waals surface area contributed by atoms with Crippen LogP contribution in [-0.2, 0) is 0 Å². The summed E-state index contributed by atoms with van der Waals surface area (Å²) in [4.78, 5) is 16.4. The molecule has 0 atom stereocenters. The summed E-state index contributed by atoms with van der Waals surface area (Å²) in [5, 5.41) is 16.6. The number of rotatable bonds is 2. The molecule has 0 aliphatic heterocycles. The van der Waals surface area contributed by atoms with Crippen molar-refractivity contribution in [3.8, 4) is 5.75 Å². The first-order chi connectivity index (χ1) is 9.65. The third-order valence-corrected chi connectivity index (χ3v) is 2.87. The van der Waals surface area contributed by atoms with Crippen molar-refractivity contribution in [2.45, 2.75) is 6.92 Å². The molecule has 2 N–H and O–H groups in total. The number of carbonyl (C=O) groups is 1. The van der Waals surface area contributed by atoms with Crippen LogP contribution in [0, 0.1) is 6.92 Å². The van der Waals surface area contributed by atoms with E-state index in [4.69, 9.17) is 0 Å². The zero-order chi connectivity index (χ0) is 14.1. The molecule has 100 valence electrons. The summed E-state index contributed by atoms with van der Waals surface area (Å²) < 4.78 is 1.48. The van der Waals surface area contributed by atoms with Crippen LogP contribution in [0.25, 0.3) is 5.65 Å². The zero-order valence-corrected chi connectivity index (χ0v) is 10.7. The number of hydrogen-bond acceptors (Lipinski definition) is 4. The Kier molecular flexibility index (Phi) is 2.83. The van der Waals surface area contributed by atoms with Gasteiger partial charge in [0, 0.05) is 12.3 Å². The lowest BCUT2D eigenvalue weighted by Gasteiger charge is -2.07. The van der Waals surface area contributed by atoms with E-state index in [-0.39, 0.29) is 11.7 Å². The highest BCUT2D eigenvalue weighted by Gasteiger charge is 2.13. The Hall–Kier alpha value is -2.89. The van der Waals surface area contributed by atoms with Gasteiger partial charge in [-0.05, 0) is 25.1 Å². The van der Waals surface area contributed by atoms with Gasteiger partial charge in [-0.3, -0.25) is 4.79 Å². The molecule has 6 heteroatoms. The summed E-state index contributed by atoms with van der Waals surface area (Å²) >= 11 is 0. The molecule has 0 bridgehead atoms. The van der Waals surface area contributed by atoms with E-state index in [9.17, 15) is 9.90 Å². The number of anilines is 1. The maximum Gasteiger partial charge on any atom is 0.274 e. The molecule has 3 rings (SSSR count). The molecule has 2 heterocycles. The molecule has 0 saturated carbocycles. The smallest absolute Gasteiger partial charge is 0.274 e. The summed E-state index contributed by atoms with van der Waals surface area (Å²) in [7, 11) is 0. The Morgan fingerprint density at radius 1 is 1.30 bits per heavy atom. The van der Waals surface area contributed by atoms with E-state index < -0.39 is 0 Å². The van der Waals surface area contributed by atoms with Gasteiger partial charge in [-0.2, -0.15) is 5.10 Å². The lowest BCUT2D eigenvalue weighted by atomic mass is 10.3. The topological polar surface area (TPSA) is 79.5 Å². The second kappa shape index (κ2) is 4.65. The first kappa shape index (κ1) is 12.2. The predicted octanol–water partition coefficient (Wildman–Crippen LogP) is 2.00. The van der Waals surface area contributed by atoms with Crippen LogP contribution < -0.4 is 5.32 Å². The van der Waals surface area contributed by atoms with E-state index in [0.717, 1.165) is 5.69 Å². The minimum absolute atomic E-state index is 0.0165. The Balaban J connectivity index is 1.99. The van der Waals surface area contributed by atoms with Gasteiger partial charge >= 0.3 is 0 Å². The average Bonchev–Trinajstić information content (AvgIpc) is 2.81. The second-order valence-corrected chi connectivity index (χ2v) is 4.36. The number of nitrogens with zero attached hydrogens (tertiary/aromatic N) is 3. The molecule has 1 amide bonds. The molecule has 1 aromatic carbocycles. The standard InChI is InChI=1S/C14H12N4O2/c1-9-8-13-15-7-6-11(18(13)17-9)14(20)16-10-4-2-3-5-12(10)19/h2-8,19H,1H3,(H,16,20). The van der Waals surface area contributed by atoms with Crippen molar-refractivity contribution >= 4 is 17.2 Å². The fraction of sp³-hybridized carbons (Fsp3) is 0.0714. The second-order valence-electron chi connectivity index (χ2n) is 4.36. The van der Waals surface area contributed by atoms with Crippen molar-refractivity contribution in [1.82, 2.24) is 14.6 Å². The van der Waals surface area contributed by atoms with Crippen LogP contribution in [0.4, 0.5) is 5.69 Å². The third kappa shape index (κ3) is 2.07. The van der Waals surface area contributed by atoms with E-state index in [2.05, 4.69) is 15.4 Å². The first-order valence-corrected chi connectivity index (χ1v) is 6.06. The minimum Gasteiger partial charge on any atom is -0.506 e. The summed E-state index contributed by atoms with van der Waals surface area (Å²) in [6.07, 6.45) is 1.55. The number of phenolic OH excluding ortho intramolecular Hbond substituents is 1. The Morgan fingerprint density at radius 3 is 2.90 bits per heavy atom. The number of aromatic hydroxyl groups is 1. The van der Waals surface area contributed by atoms with Crippen molar-refractivity contribution < 1.29 is 9.90 Å². The van der Waals surface area contributed by atoms with Gasteiger partial charge in [0.15, 0.2) is 5.65 Å². The fourth-order valence-electron chi connectivity index (χ4n) is 1.95. The number of fused-ring (bicyclic) bond motifs is 1. The van der Waals surface area contributed by atoms with E-state index in [1.54, 1.807) is 36.5 Å². The molecule has 6 nitrogen and oxygen atoms in total. The van der Waals surface area contributed by atoms with E-state index in [1.807, 2.05) is 6.92 Å². The summed E-state index contributed by atoms with van der Waals surface area (Å²) in [5.41, 5.74) is 2.09. The lowest BCUT2D eigenvalue weighted by Crippen LogP contribution is -2.16. The zero-order valence-electron chi connectivity index (χ0n) is 10.7. The number of aryl methyl sites for hydroxylation is 1. The molecule has 2 aromatic heterocycles. The van der Waals surface area contributed by atoms with Gasteiger partial charge in [0.2, 0.25) is 0 Å². The van der Waals surface area contributed by atoms with Crippen molar-refractivity contribution in [2.75, 3.05) is 5.32 Å². The number of phenols is 1. The molecule has 0 unspecified atom stereocenters. The largest absolute Gasteiger partial charge is 0.506 e. The van der Waals surface area contributed by atoms with Crippen LogP contribution >= 0.6 is 0 Å². The number of carbonyl (C=O) groups excluding carboxylic acids is 1. The number of nitrogens with one attached hydrogen (secondary N) is 1. The van der Waals surface area contributed by atoms with Crippen LogP contribution in [0.1, 0.15) is 16.2 Å². The summed E-state index contributed by atoms with van der Waals surface area (Å²) in [6.45, 7) is 1.83. The maximum atomic E-state index is 12.3. The highest BCUT2D eigenvalue weighted by Crippen LogP contribution is 2.22. The Morgan fingerprint density at radius 2 is 2.10 bits per heavy atom. The fourth-order valence-corrected chi connectivity index (χ4v) is 1.95. The Bertz CT molecular complexity index is 795. The van der Waals surface area contributed by atoms with Crippen LogP contribution in [0.2, 0.25) is 0 Å². The van der Waals surface area contributed by atoms with E-state index in [0.29, 0.717) is 17.0 Å². The molecular formula is C14H12N4O2. The monoisotopic (exact) mass is 268 g/mol. The van der Waals surface area contributed by atoms with Gasteiger partial charge in [-0.1, -0.05) is 12.1 Å². The van der Waals surface area contributed by atoms with Crippen molar-refractivity contribution in [3.63, 3.8) is 0 Å². The first-order valence-electron chi connectivity index (χ1n) is 6.06. The summed E-state index contributed by atoms with van der Waals surface area (Å²) in [6, 6.07) is 9.92. The van der Waals surface area contributed by atoms with Crippen LogP contribution in [0.5, 0.6) is 5.75 Å². The molecule has 0 radical (unpaired) electrons. The van der Waals surface area contributed by atoms with Crippen molar-refractivity contribution in [2.24, 2.45) is 0 Å². The van der Waals surface area contributed by atoms with Gasteiger partial charge < -0.3 is 10.4 Å². The molecular weight excluding hydrogens is 256 g/mol. The van der Waals surface area contributed by atoms with Crippen molar-refractivity contribution in [3.05, 3.63) is 54.0 Å². The predicted molar refractivity (Wildman–Crippen MR) is 73.8 cm³/mol. The highest BCUT2D eigenvalue weighted by atomic mass is 16.3. The number of para-hydroxylation sites is 2. The SMILES string of the molecule is Cc1cc2nccc(C(=O)Nc3ccccc3O)n2n1. The van der Waals surface area contributed by atoms with E-state index in [1.165, 1.54) is 10.6 Å². The quantitative estimate of drug-likeness (QED) is 0.697.